The van der Waals surface area contributed by atoms with E-state index in [1.807, 2.05) is 0 Å². The first-order valence-electron chi connectivity index (χ1n) is 9.98. The van der Waals surface area contributed by atoms with E-state index in [4.69, 9.17) is 11.5 Å². The third kappa shape index (κ3) is 5.27. The zero-order chi connectivity index (χ0) is 25.2. The van der Waals surface area contributed by atoms with Gasteiger partial charge in [0.05, 0.1) is 16.6 Å². The maximum atomic E-state index is 13.3. The molecule has 0 saturated heterocycles. The minimum absolute atomic E-state index is 0.0747. The molecule has 0 atom stereocenters. The minimum atomic E-state index is -4.83. The van der Waals surface area contributed by atoms with Crippen LogP contribution in [0.4, 0.5) is 13.2 Å². The third-order valence-electron chi connectivity index (χ3n) is 4.87. The summed E-state index contributed by atoms with van der Waals surface area (Å²) in [5.74, 6) is -0.669. The molecule has 0 fully saturated rings. The number of fused-ring (bicyclic) bond motifs is 1. The summed E-state index contributed by atoms with van der Waals surface area (Å²) >= 11 is 0. The molecule has 1 heterocycles. The Morgan fingerprint density at radius 1 is 0.943 bits per heavy atom. The van der Waals surface area contributed by atoms with Crippen LogP contribution in [0.15, 0.2) is 94.1 Å². The largest absolute Gasteiger partial charge is 0.573 e. The number of hydrogen-bond acceptors (Lipinski definition) is 5. The summed E-state index contributed by atoms with van der Waals surface area (Å²) in [6.07, 6.45) is -2.18. The van der Waals surface area contributed by atoms with Gasteiger partial charge in [-0.2, -0.15) is 5.10 Å². The highest BCUT2D eigenvalue weighted by Gasteiger charge is 2.31. The van der Waals surface area contributed by atoms with Crippen molar-refractivity contribution in [1.82, 2.24) is 3.97 Å². The van der Waals surface area contributed by atoms with Crippen molar-refractivity contribution in [2.45, 2.75) is 11.3 Å². The van der Waals surface area contributed by atoms with Crippen molar-refractivity contribution < 1.29 is 26.3 Å². The van der Waals surface area contributed by atoms with Crippen molar-refractivity contribution in [2.75, 3.05) is 0 Å². The molecule has 4 N–H and O–H groups in total. The van der Waals surface area contributed by atoms with Gasteiger partial charge in [0.1, 0.15) is 5.75 Å². The van der Waals surface area contributed by atoms with E-state index in [-0.39, 0.29) is 16.6 Å². The average molecular weight is 501 g/mol. The summed E-state index contributed by atoms with van der Waals surface area (Å²) < 4.78 is 69.6. The number of alkyl halides is 3. The van der Waals surface area contributed by atoms with Crippen molar-refractivity contribution in [3.63, 3.8) is 0 Å². The standard InChI is InChI=1S/C23H18F3N5O3S/c24-23(25,26)34-18-6-4-5-15(11-18)16-9-10-21-20(12-16)17(13-29-30-22(27)28)14-31(21)35(32,33)19-7-2-1-3-8-19/h1-14H,(H4,27,28,30)/b29-13+. The maximum Gasteiger partial charge on any atom is 0.573 e. The van der Waals surface area contributed by atoms with Crippen molar-refractivity contribution in [1.29, 1.82) is 0 Å². The molecular formula is C23H18F3N5O3S. The van der Waals surface area contributed by atoms with E-state index in [9.17, 15) is 21.6 Å². The van der Waals surface area contributed by atoms with Gasteiger partial charge in [0.25, 0.3) is 10.0 Å². The number of ether oxygens (including phenoxy) is 1. The van der Waals surface area contributed by atoms with Crippen LogP contribution in [0.1, 0.15) is 5.56 Å². The fourth-order valence-electron chi connectivity index (χ4n) is 3.44. The predicted molar refractivity (Wildman–Crippen MR) is 126 cm³/mol. The van der Waals surface area contributed by atoms with Crippen LogP contribution in [0.3, 0.4) is 0 Å². The molecule has 180 valence electrons. The second-order valence-corrected chi connectivity index (χ2v) is 9.09. The number of halogens is 3. The van der Waals surface area contributed by atoms with E-state index < -0.39 is 16.4 Å². The van der Waals surface area contributed by atoms with Gasteiger partial charge in [-0.25, -0.2) is 12.4 Å². The summed E-state index contributed by atoms with van der Waals surface area (Å²) in [6, 6.07) is 18.1. The Kier molecular flexibility index (Phi) is 6.22. The molecular weight excluding hydrogens is 483 g/mol. The van der Waals surface area contributed by atoms with Gasteiger partial charge in [0, 0.05) is 17.1 Å². The van der Waals surface area contributed by atoms with E-state index in [1.165, 1.54) is 42.7 Å². The predicted octanol–water partition coefficient (Wildman–Crippen LogP) is 4.05. The summed E-state index contributed by atoms with van der Waals surface area (Å²) in [7, 11) is -3.97. The van der Waals surface area contributed by atoms with Crippen LogP contribution in [0.25, 0.3) is 22.0 Å². The lowest BCUT2D eigenvalue weighted by Gasteiger charge is -2.11. The van der Waals surface area contributed by atoms with Crippen LogP contribution in [0.2, 0.25) is 0 Å². The topological polar surface area (TPSA) is 125 Å². The normalized spacial score (nSPS) is 12.2. The van der Waals surface area contributed by atoms with E-state index in [1.54, 1.807) is 42.5 Å². The highest BCUT2D eigenvalue weighted by molar-refractivity contribution is 7.90. The first kappa shape index (κ1) is 23.8. The zero-order valence-electron chi connectivity index (χ0n) is 17.8. The van der Waals surface area contributed by atoms with E-state index in [2.05, 4.69) is 14.9 Å². The zero-order valence-corrected chi connectivity index (χ0v) is 18.7. The Morgan fingerprint density at radius 3 is 2.34 bits per heavy atom. The lowest BCUT2D eigenvalue weighted by molar-refractivity contribution is -0.274. The number of nitrogens with two attached hydrogens (primary N) is 2. The number of guanidine groups is 1. The van der Waals surface area contributed by atoms with Gasteiger partial charge in [-0.15, -0.1) is 18.3 Å². The number of aromatic nitrogens is 1. The molecule has 0 aliphatic rings. The van der Waals surface area contributed by atoms with Crippen LogP contribution < -0.4 is 16.2 Å². The highest BCUT2D eigenvalue weighted by Crippen LogP contribution is 2.32. The Labute approximate surface area is 198 Å². The van der Waals surface area contributed by atoms with Crippen LogP contribution in [-0.2, 0) is 10.0 Å². The number of nitrogens with zero attached hydrogens (tertiary/aromatic N) is 3. The summed E-state index contributed by atoms with van der Waals surface area (Å²) in [5.41, 5.74) is 12.2. The van der Waals surface area contributed by atoms with Gasteiger partial charge in [0.15, 0.2) is 0 Å². The van der Waals surface area contributed by atoms with Crippen LogP contribution in [-0.4, -0.2) is 30.9 Å². The monoisotopic (exact) mass is 501 g/mol. The van der Waals surface area contributed by atoms with Gasteiger partial charge in [0.2, 0.25) is 5.96 Å². The molecule has 35 heavy (non-hydrogen) atoms. The average Bonchev–Trinajstić information content (AvgIpc) is 3.17. The lowest BCUT2D eigenvalue weighted by Crippen LogP contribution is -2.21. The van der Waals surface area contributed by atoms with E-state index >= 15 is 0 Å². The number of benzene rings is 3. The molecule has 4 aromatic rings. The van der Waals surface area contributed by atoms with Gasteiger partial charge in [-0.05, 0) is 47.5 Å². The molecule has 0 amide bonds. The molecule has 0 radical (unpaired) electrons. The first-order valence-corrected chi connectivity index (χ1v) is 11.4. The fourth-order valence-corrected chi connectivity index (χ4v) is 4.84. The van der Waals surface area contributed by atoms with Crippen LogP contribution in [0.5, 0.6) is 5.75 Å². The summed E-state index contributed by atoms with van der Waals surface area (Å²) in [4.78, 5) is 0.0747. The van der Waals surface area contributed by atoms with Gasteiger partial charge >= 0.3 is 6.36 Å². The molecule has 0 unspecified atom stereocenters. The molecule has 0 aliphatic heterocycles. The van der Waals surface area contributed by atoms with Gasteiger partial charge < -0.3 is 16.2 Å². The van der Waals surface area contributed by atoms with Crippen molar-refractivity contribution in [3.8, 4) is 16.9 Å². The molecule has 12 heteroatoms. The molecule has 0 aliphatic carbocycles. The van der Waals surface area contributed by atoms with Crippen LogP contribution >= 0.6 is 0 Å². The summed E-state index contributed by atoms with van der Waals surface area (Å²) in [6.45, 7) is 0. The molecule has 0 spiro atoms. The lowest BCUT2D eigenvalue weighted by atomic mass is 10.0. The Balaban J connectivity index is 1.87. The second kappa shape index (κ2) is 9.14. The molecule has 0 saturated carbocycles. The summed E-state index contributed by atoms with van der Waals surface area (Å²) in [5, 5.41) is 7.78. The van der Waals surface area contributed by atoms with Crippen molar-refractivity contribution >= 4 is 33.1 Å². The molecule has 1 aromatic heterocycles. The second-order valence-electron chi connectivity index (χ2n) is 7.28. The van der Waals surface area contributed by atoms with E-state index in [0.29, 0.717) is 27.6 Å². The third-order valence-corrected chi connectivity index (χ3v) is 6.56. The Hall–Kier alpha value is -4.32. The molecule has 4 rings (SSSR count). The van der Waals surface area contributed by atoms with Crippen LogP contribution in [0, 0.1) is 0 Å². The molecule has 0 bridgehead atoms. The fraction of sp³-hybridized carbons (Fsp3) is 0.0435. The van der Waals surface area contributed by atoms with Gasteiger partial charge in [-0.1, -0.05) is 36.4 Å². The Morgan fingerprint density at radius 2 is 1.66 bits per heavy atom. The smallest absolute Gasteiger partial charge is 0.406 e. The Bertz CT molecular complexity index is 1540. The number of rotatable bonds is 6. The number of hydrogen-bond donors (Lipinski definition) is 2. The molecule has 8 nitrogen and oxygen atoms in total. The van der Waals surface area contributed by atoms with E-state index in [0.717, 1.165) is 3.97 Å². The SMILES string of the molecule is NC(N)=N/N=C/c1cn(S(=O)(=O)c2ccccc2)c2ccc(-c3cccc(OC(F)(F)F)c3)cc12. The van der Waals surface area contributed by atoms with Crippen molar-refractivity contribution in [3.05, 3.63) is 84.6 Å². The minimum Gasteiger partial charge on any atom is -0.406 e. The van der Waals surface area contributed by atoms with Gasteiger partial charge in [-0.3, -0.25) is 0 Å². The van der Waals surface area contributed by atoms with Crippen molar-refractivity contribution in [2.24, 2.45) is 21.7 Å². The maximum absolute atomic E-state index is 13.3. The quantitative estimate of drug-likeness (QED) is 0.234. The highest BCUT2D eigenvalue weighted by atomic mass is 32.2. The molecule has 3 aromatic carbocycles. The first-order chi connectivity index (χ1) is 16.5.